The number of halogens is 1. The predicted octanol–water partition coefficient (Wildman–Crippen LogP) is 1.90. The maximum Gasteiger partial charge on any atom is 0.214 e. The van der Waals surface area contributed by atoms with Crippen molar-refractivity contribution in [3.63, 3.8) is 0 Å². The minimum absolute atomic E-state index is 0.385. The number of pyridine rings is 1. The van der Waals surface area contributed by atoms with Gasteiger partial charge in [0.15, 0.2) is 0 Å². The van der Waals surface area contributed by atoms with Gasteiger partial charge in [0.25, 0.3) is 0 Å². The summed E-state index contributed by atoms with van der Waals surface area (Å²) >= 11 is 0. The highest BCUT2D eigenvalue weighted by Gasteiger charge is 2.27. The molecule has 3 rings (SSSR count). The molecule has 1 aromatic heterocycles. The molecule has 0 atom stereocenters. The van der Waals surface area contributed by atoms with Crippen LogP contribution >= 0.6 is 0 Å². The van der Waals surface area contributed by atoms with Gasteiger partial charge in [0.1, 0.15) is 0 Å². The molecule has 2 heterocycles. The molecule has 1 aromatic rings. The lowest BCUT2D eigenvalue weighted by molar-refractivity contribution is 0.120. The van der Waals surface area contributed by atoms with Crippen LogP contribution < -0.4 is 4.90 Å². The number of anilines is 1. The molecular formula is C13H18FN3. The highest BCUT2D eigenvalue weighted by atomic mass is 19.1. The Labute approximate surface area is 101 Å². The topological polar surface area (TPSA) is 19.4 Å². The van der Waals surface area contributed by atoms with Gasteiger partial charge in [-0.1, -0.05) is 6.42 Å². The molecule has 2 fully saturated rings. The summed E-state index contributed by atoms with van der Waals surface area (Å²) in [6.07, 6.45) is 5.66. The lowest BCUT2D eigenvalue weighted by atomic mass is 9.91. The molecule has 2 aliphatic rings. The normalized spacial score (nSPS) is 22.5. The van der Waals surface area contributed by atoms with Crippen molar-refractivity contribution < 1.29 is 4.39 Å². The molecule has 0 radical (unpaired) electrons. The standard InChI is InChI=1S/C13H18FN3/c14-13-10-12(4-5-15-13)17-8-6-16(7-9-17)11-2-1-3-11/h4-5,10-11H,1-3,6-9H2. The molecule has 3 nitrogen and oxygen atoms in total. The maximum absolute atomic E-state index is 13.0. The third kappa shape index (κ3) is 2.27. The van der Waals surface area contributed by atoms with Crippen molar-refractivity contribution in [2.24, 2.45) is 0 Å². The van der Waals surface area contributed by atoms with Gasteiger partial charge in [0.05, 0.1) is 0 Å². The van der Waals surface area contributed by atoms with Gasteiger partial charge < -0.3 is 4.90 Å². The third-order valence-corrected chi connectivity index (χ3v) is 3.98. The molecule has 1 saturated heterocycles. The Bertz CT molecular complexity index is 384. The predicted molar refractivity (Wildman–Crippen MR) is 65.6 cm³/mol. The van der Waals surface area contributed by atoms with E-state index in [0.29, 0.717) is 0 Å². The van der Waals surface area contributed by atoms with Crippen LogP contribution in [0.3, 0.4) is 0 Å². The van der Waals surface area contributed by atoms with Gasteiger partial charge in [-0.3, -0.25) is 4.90 Å². The van der Waals surface area contributed by atoms with Gasteiger partial charge >= 0.3 is 0 Å². The quantitative estimate of drug-likeness (QED) is 0.730. The van der Waals surface area contributed by atoms with Gasteiger partial charge in [0.2, 0.25) is 5.95 Å². The summed E-state index contributed by atoms with van der Waals surface area (Å²) in [5.41, 5.74) is 0.964. The van der Waals surface area contributed by atoms with Gasteiger partial charge in [0, 0.05) is 50.2 Å². The van der Waals surface area contributed by atoms with Crippen molar-refractivity contribution in [2.45, 2.75) is 25.3 Å². The van der Waals surface area contributed by atoms with E-state index in [2.05, 4.69) is 14.8 Å². The fourth-order valence-corrected chi connectivity index (χ4v) is 2.69. The van der Waals surface area contributed by atoms with E-state index in [1.165, 1.54) is 25.3 Å². The van der Waals surface area contributed by atoms with Crippen LogP contribution in [-0.4, -0.2) is 42.1 Å². The fraction of sp³-hybridized carbons (Fsp3) is 0.615. The number of rotatable bonds is 2. The zero-order valence-electron chi connectivity index (χ0n) is 9.98. The van der Waals surface area contributed by atoms with E-state index < -0.39 is 0 Å². The number of aromatic nitrogens is 1. The Hall–Kier alpha value is -1.16. The smallest absolute Gasteiger partial charge is 0.214 e. The van der Waals surface area contributed by atoms with Crippen LogP contribution in [0, 0.1) is 5.95 Å². The first kappa shape index (κ1) is 11.0. The minimum atomic E-state index is -0.385. The second-order valence-corrected chi connectivity index (χ2v) is 4.94. The van der Waals surface area contributed by atoms with Crippen molar-refractivity contribution in [3.8, 4) is 0 Å². The average molecular weight is 235 g/mol. The zero-order chi connectivity index (χ0) is 11.7. The molecule has 0 N–H and O–H groups in total. The number of nitrogens with zero attached hydrogens (tertiary/aromatic N) is 3. The molecule has 1 aliphatic carbocycles. The van der Waals surface area contributed by atoms with Crippen LogP contribution in [0.4, 0.5) is 10.1 Å². The van der Waals surface area contributed by atoms with Gasteiger partial charge in [-0.05, 0) is 18.9 Å². The molecule has 0 bridgehead atoms. The summed E-state index contributed by atoms with van der Waals surface area (Å²) in [6.45, 7) is 4.21. The molecule has 17 heavy (non-hydrogen) atoms. The van der Waals surface area contributed by atoms with Crippen LogP contribution in [0.25, 0.3) is 0 Å². The Morgan fingerprint density at radius 3 is 2.53 bits per heavy atom. The Morgan fingerprint density at radius 1 is 1.18 bits per heavy atom. The Balaban J connectivity index is 1.60. The van der Waals surface area contributed by atoms with Gasteiger partial charge in [-0.25, -0.2) is 4.98 Å². The lowest BCUT2D eigenvalue weighted by Gasteiger charge is -2.43. The Kier molecular flexibility index (Phi) is 2.97. The lowest BCUT2D eigenvalue weighted by Crippen LogP contribution is -2.52. The molecule has 0 aromatic carbocycles. The maximum atomic E-state index is 13.0. The van der Waals surface area contributed by atoms with E-state index >= 15 is 0 Å². The van der Waals surface area contributed by atoms with E-state index in [1.807, 2.05) is 6.07 Å². The van der Waals surface area contributed by atoms with Crippen LogP contribution in [0.2, 0.25) is 0 Å². The van der Waals surface area contributed by atoms with Crippen LogP contribution in [0.5, 0.6) is 0 Å². The van der Waals surface area contributed by atoms with E-state index in [1.54, 1.807) is 6.20 Å². The second kappa shape index (κ2) is 4.61. The molecule has 4 heteroatoms. The molecule has 0 amide bonds. The van der Waals surface area contributed by atoms with E-state index in [4.69, 9.17) is 0 Å². The van der Waals surface area contributed by atoms with Crippen LogP contribution in [0.15, 0.2) is 18.3 Å². The summed E-state index contributed by atoms with van der Waals surface area (Å²) in [5, 5.41) is 0. The second-order valence-electron chi connectivity index (χ2n) is 4.94. The molecular weight excluding hydrogens is 217 g/mol. The first-order valence-electron chi connectivity index (χ1n) is 6.43. The zero-order valence-corrected chi connectivity index (χ0v) is 9.98. The average Bonchev–Trinajstić information content (AvgIpc) is 2.28. The van der Waals surface area contributed by atoms with Crippen molar-refractivity contribution >= 4 is 5.69 Å². The largest absolute Gasteiger partial charge is 0.369 e. The van der Waals surface area contributed by atoms with Crippen molar-refractivity contribution in [1.82, 2.24) is 9.88 Å². The summed E-state index contributed by atoms with van der Waals surface area (Å²) < 4.78 is 13.0. The third-order valence-electron chi connectivity index (χ3n) is 3.98. The van der Waals surface area contributed by atoms with Crippen LogP contribution in [-0.2, 0) is 0 Å². The van der Waals surface area contributed by atoms with Gasteiger partial charge in [-0.2, -0.15) is 4.39 Å². The summed E-state index contributed by atoms with van der Waals surface area (Å²) in [4.78, 5) is 8.43. The van der Waals surface area contributed by atoms with E-state index in [9.17, 15) is 4.39 Å². The fourth-order valence-electron chi connectivity index (χ4n) is 2.69. The first-order chi connectivity index (χ1) is 8.33. The SMILES string of the molecule is Fc1cc(N2CCN(C3CCC3)CC2)ccn1. The number of hydrogen-bond acceptors (Lipinski definition) is 3. The Morgan fingerprint density at radius 2 is 1.94 bits per heavy atom. The monoisotopic (exact) mass is 235 g/mol. The highest BCUT2D eigenvalue weighted by Crippen LogP contribution is 2.26. The summed E-state index contributed by atoms with van der Waals surface area (Å²) in [6, 6.07) is 4.24. The van der Waals surface area contributed by atoms with Crippen molar-refractivity contribution in [2.75, 3.05) is 31.1 Å². The van der Waals surface area contributed by atoms with Gasteiger partial charge in [-0.15, -0.1) is 0 Å². The molecule has 1 aliphatic heterocycles. The molecule has 92 valence electrons. The van der Waals surface area contributed by atoms with Crippen molar-refractivity contribution in [3.05, 3.63) is 24.3 Å². The van der Waals surface area contributed by atoms with Crippen LogP contribution in [0.1, 0.15) is 19.3 Å². The van der Waals surface area contributed by atoms with E-state index in [0.717, 1.165) is 37.9 Å². The number of piperazine rings is 1. The first-order valence-corrected chi connectivity index (χ1v) is 6.43. The van der Waals surface area contributed by atoms with E-state index in [-0.39, 0.29) is 5.95 Å². The summed E-state index contributed by atoms with van der Waals surface area (Å²) in [7, 11) is 0. The molecule has 1 saturated carbocycles. The molecule has 0 unspecified atom stereocenters. The van der Waals surface area contributed by atoms with Crippen molar-refractivity contribution in [1.29, 1.82) is 0 Å². The summed E-state index contributed by atoms with van der Waals surface area (Å²) in [5.74, 6) is -0.385. The number of hydrogen-bond donors (Lipinski definition) is 0. The highest BCUT2D eigenvalue weighted by molar-refractivity contribution is 5.45. The molecule has 0 spiro atoms. The minimum Gasteiger partial charge on any atom is -0.369 e.